The van der Waals surface area contributed by atoms with E-state index in [0.29, 0.717) is 0 Å². The fraction of sp³-hybridized carbons (Fsp3) is 0.222. The average Bonchev–Trinajstić information content (AvgIpc) is 2.62. The quantitative estimate of drug-likeness (QED) is 0.448. The van der Waals surface area contributed by atoms with Gasteiger partial charge < -0.3 is 14.6 Å². The number of carbonyl (C=O) groups is 5. The zero-order chi connectivity index (χ0) is 12.3. The molecule has 84 valence electrons. The van der Waals surface area contributed by atoms with Gasteiger partial charge >= 0.3 is 5.97 Å². The van der Waals surface area contributed by atoms with Crippen LogP contribution < -0.4 is 0 Å². The first kappa shape index (κ1) is 11.8. The molecule has 0 amide bonds. The Balaban J connectivity index is 3.37. The summed E-state index contributed by atoms with van der Waals surface area (Å²) in [6, 6.07) is 0. The van der Waals surface area contributed by atoms with Crippen molar-refractivity contribution in [3.63, 3.8) is 0 Å². The highest BCUT2D eigenvalue weighted by Crippen LogP contribution is 2.35. The zero-order valence-electron chi connectivity index (χ0n) is 7.78. The van der Waals surface area contributed by atoms with Gasteiger partial charge in [-0.3, -0.25) is 14.4 Å². The molecule has 0 bridgehead atoms. The van der Waals surface area contributed by atoms with E-state index in [-0.39, 0.29) is 25.1 Å². The predicted octanol–water partition coefficient (Wildman–Crippen LogP) is -1.49. The van der Waals surface area contributed by atoms with Gasteiger partial charge in [0.25, 0.3) is 5.60 Å². The summed E-state index contributed by atoms with van der Waals surface area (Å²) in [7, 11) is 0. The van der Waals surface area contributed by atoms with E-state index in [9.17, 15) is 24.0 Å². The molecule has 7 nitrogen and oxygen atoms in total. The third kappa shape index (κ3) is 1.33. The molecule has 0 aromatic carbocycles. The lowest BCUT2D eigenvalue weighted by atomic mass is 9.86. The number of allylic oxidation sites excluding steroid dienone is 1. The number of carboxylic acids is 1. The summed E-state index contributed by atoms with van der Waals surface area (Å²) in [6.07, 6.45) is 0.169. The van der Waals surface area contributed by atoms with Gasteiger partial charge in [0.2, 0.25) is 0 Å². The van der Waals surface area contributed by atoms with E-state index in [1.54, 1.807) is 0 Å². The molecule has 1 aliphatic heterocycles. The Hall–Kier alpha value is -2.31. The normalized spacial score (nSPS) is 28.1. The highest BCUT2D eigenvalue weighted by molar-refractivity contribution is 6.06. The summed E-state index contributed by atoms with van der Waals surface area (Å²) in [5.74, 6) is -3.96. The predicted molar refractivity (Wildman–Crippen MR) is 46.2 cm³/mol. The Morgan fingerprint density at radius 3 is 2.19 bits per heavy atom. The minimum Gasteiger partial charge on any atom is -0.478 e. The second-order valence-corrected chi connectivity index (χ2v) is 2.99. The van der Waals surface area contributed by atoms with Crippen molar-refractivity contribution in [1.29, 1.82) is 0 Å². The Morgan fingerprint density at radius 1 is 1.25 bits per heavy atom. The van der Waals surface area contributed by atoms with Gasteiger partial charge in [0.1, 0.15) is 12.2 Å². The molecule has 0 spiro atoms. The second kappa shape index (κ2) is 4.05. The van der Waals surface area contributed by atoms with E-state index in [4.69, 9.17) is 5.11 Å². The standard InChI is InChI=1S/C9H6O7/c10-1-5-6(2-11)9(4-13,8(14)15)16-7(5)3-12/h1-4,6H,(H,14,15). The summed E-state index contributed by atoms with van der Waals surface area (Å²) in [6.45, 7) is 0. The van der Waals surface area contributed by atoms with Crippen molar-refractivity contribution in [3.8, 4) is 0 Å². The second-order valence-electron chi connectivity index (χ2n) is 2.99. The van der Waals surface area contributed by atoms with Crippen LogP contribution in [0.4, 0.5) is 0 Å². The smallest absolute Gasteiger partial charge is 0.356 e. The molecular weight excluding hydrogens is 220 g/mol. The number of carboxylic acid groups (broad SMARTS) is 1. The van der Waals surface area contributed by atoms with E-state index in [0.717, 1.165) is 0 Å². The van der Waals surface area contributed by atoms with Gasteiger partial charge in [-0.1, -0.05) is 0 Å². The van der Waals surface area contributed by atoms with E-state index < -0.39 is 28.8 Å². The topological polar surface area (TPSA) is 115 Å². The van der Waals surface area contributed by atoms with Crippen LogP contribution in [0.1, 0.15) is 0 Å². The maximum Gasteiger partial charge on any atom is 0.356 e. The van der Waals surface area contributed by atoms with Crippen LogP contribution >= 0.6 is 0 Å². The molecule has 1 N–H and O–H groups in total. The lowest BCUT2D eigenvalue weighted by Gasteiger charge is -2.21. The number of ether oxygens (including phenoxy) is 1. The van der Waals surface area contributed by atoms with Gasteiger partial charge in [-0.2, -0.15) is 0 Å². The molecule has 2 unspecified atom stereocenters. The first-order chi connectivity index (χ1) is 7.57. The molecule has 0 aromatic heterocycles. The van der Waals surface area contributed by atoms with Crippen LogP contribution in [0.2, 0.25) is 0 Å². The number of rotatable bonds is 5. The Kier molecular flexibility index (Phi) is 2.98. The number of aliphatic carboxylic acids is 1. The van der Waals surface area contributed by atoms with E-state index in [1.165, 1.54) is 0 Å². The van der Waals surface area contributed by atoms with Gasteiger partial charge in [-0.05, 0) is 0 Å². The minimum atomic E-state index is -2.52. The van der Waals surface area contributed by atoms with Crippen LogP contribution in [0.25, 0.3) is 0 Å². The van der Waals surface area contributed by atoms with Crippen molar-refractivity contribution < 1.29 is 33.8 Å². The van der Waals surface area contributed by atoms with Gasteiger partial charge in [-0.15, -0.1) is 0 Å². The highest BCUT2D eigenvalue weighted by atomic mass is 16.5. The summed E-state index contributed by atoms with van der Waals surface area (Å²) in [5.41, 5.74) is -2.96. The van der Waals surface area contributed by atoms with Crippen molar-refractivity contribution in [3.05, 3.63) is 11.3 Å². The number of aldehydes is 4. The van der Waals surface area contributed by atoms with Gasteiger partial charge in [-0.25, -0.2) is 4.79 Å². The fourth-order valence-corrected chi connectivity index (χ4v) is 1.41. The summed E-state index contributed by atoms with van der Waals surface area (Å²) in [5, 5.41) is 8.82. The molecule has 0 saturated heterocycles. The van der Waals surface area contributed by atoms with Gasteiger partial charge in [0, 0.05) is 0 Å². The SMILES string of the molecule is O=CC1=C(C=O)C(C=O)C(C=O)(C(=O)O)O1. The third-order valence-corrected chi connectivity index (χ3v) is 2.24. The van der Waals surface area contributed by atoms with Crippen molar-refractivity contribution in [2.45, 2.75) is 5.60 Å². The molecular formula is C9H6O7. The molecule has 1 rings (SSSR count). The monoisotopic (exact) mass is 226 g/mol. The molecule has 0 fully saturated rings. The Morgan fingerprint density at radius 2 is 1.88 bits per heavy atom. The zero-order valence-corrected chi connectivity index (χ0v) is 7.78. The molecule has 16 heavy (non-hydrogen) atoms. The van der Waals surface area contributed by atoms with Crippen molar-refractivity contribution in [2.75, 3.05) is 0 Å². The van der Waals surface area contributed by atoms with Gasteiger partial charge in [0.05, 0.1) is 5.57 Å². The fourth-order valence-electron chi connectivity index (χ4n) is 1.41. The Bertz CT molecular complexity index is 408. The molecule has 0 aromatic rings. The van der Waals surface area contributed by atoms with Crippen LogP contribution in [0.3, 0.4) is 0 Å². The lowest BCUT2D eigenvalue weighted by Crippen LogP contribution is -2.47. The van der Waals surface area contributed by atoms with Gasteiger partial charge in [0.15, 0.2) is 24.6 Å². The maximum absolute atomic E-state index is 10.9. The largest absolute Gasteiger partial charge is 0.478 e. The van der Waals surface area contributed by atoms with Crippen LogP contribution in [0.15, 0.2) is 11.3 Å². The molecule has 0 aliphatic carbocycles. The van der Waals surface area contributed by atoms with Crippen LogP contribution in [-0.4, -0.2) is 41.8 Å². The molecule has 0 saturated carbocycles. The highest BCUT2D eigenvalue weighted by Gasteiger charge is 2.56. The third-order valence-electron chi connectivity index (χ3n) is 2.24. The van der Waals surface area contributed by atoms with E-state index >= 15 is 0 Å². The molecule has 2 atom stereocenters. The van der Waals surface area contributed by atoms with Crippen molar-refractivity contribution in [2.24, 2.45) is 5.92 Å². The molecule has 7 heteroatoms. The number of hydrogen-bond acceptors (Lipinski definition) is 6. The van der Waals surface area contributed by atoms with E-state index in [1.807, 2.05) is 0 Å². The van der Waals surface area contributed by atoms with Crippen LogP contribution in [0.5, 0.6) is 0 Å². The first-order valence-electron chi connectivity index (χ1n) is 4.06. The molecule has 1 aliphatic rings. The maximum atomic E-state index is 10.9. The first-order valence-corrected chi connectivity index (χ1v) is 4.06. The van der Waals surface area contributed by atoms with Crippen molar-refractivity contribution >= 4 is 31.1 Å². The summed E-state index contributed by atoms with van der Waals surface area (Å²) in [4.78, 5) is 53.4. The van der Waals surface area contributed by atoms with E-state index in [2.05, 4.69) is 4.74 Å². The summed E-state index contributed by atoms with van der Waals surface area (Å²) >= 11 is 0. The lowest BCUT2D eigenvalue weighted by molar-refractivity contribution is -0.165. The molecule has 1 heterocycles. The number of hydrogen-bond donors (Lipinski definition) is 1. The minimum absolute atomic E-state index is 0.0778. The molecule has 0 radical (unpaired) electrons. The number of carbonyl (C=O) groups excluding carboxylic acids is 4. The van der Waals surface area contributed by atoms with Crippen molar-refractivity contribution in [1.82, 2.24) is 0 Å². The Labute approximate surface area is 88.7 Å². The van der Waals surface area contributed by atoms with Crippen LogP contribution in [-0.2, 0) is 28.7 Å². The average molecular weight is 226 g/mol. The van der Waals surface area contributed by atoms with Crippen LogP contribution in [0, 0.1) is 5.92 Å². The summed E-state index contributed by atoms with van der Waals surface area (Å²) < 4.78 is 4.60.